The van der Waals surface area contributed by atoms with Crippen molar-refractivity contribution in [3.05, 3.63) is 52.7 Å². The molecule has 17 nitrogen and oxygen atoms in total. The molecule has 49 heavy (non-hydrogen) atoms. The Bertz CT molecular complexity index is 1660. The molecule has 0 bridgehead atoms. The summed E-state index contributed by atoms with van der Waals surface area (Å²) >= 11 is 0. The highest BCUT2D eigenvalue weighted by Gasteiger charge is 2.49. The van der Waals surface area contributed by atoms with Gasteiger partial charge < -0.3 is 78.8 Å². The van der Waals surface area contributed by atoms with E-state index < -0.39 is 104 Å². The summed E-state index contributed by atoms with van der Waals surface area (Å²) in [5, 5.41) is 92.4. The highest BCUT2D eigenvalue weighted by molar-refractivity contribution is 5.83. The largest absolute Gasteiger partial charge is 0.508 e. The number of hydrogen-bond donors (Lipinski definition) is 9. The molecule has 17 heteroatoms. The molecular weight excluding hydrogens is 656 g/mol. The first-order chi connectivity index (χ1) is 23.2. The van der Waals surface area contributed by atoms with Crippen LogP contribution in [0.5, 0.6) is 17.2 Å². The molecule has 3 aliphatic rings. The van der Waals surface area contributed by atoms with Gasteiger partial charge in [-0.1, -0.05) is 0 Å². The lowest BCUT2D eigenvalue weighted by Gasteiger charge is -2.44. The second-order valence-electron chi connectivity index (χ2n) is 12.3. The van der Waals surface area contributed by atoms with Gasteiger partial charge in [0.15, 0.2) is 18.2 Å². The van der Waals surface area contributed by atoms with Gasteiger partial charge in [0.1, 0.15) is 65.9 Å². The van der Waals surface area contributed by atoms with Gasteiger partial charge in [-0.2, -0.15) is 0 Å². The normalized spacial score (nSPS) is 38.3. The van der Waals surface area contributed by atoms with E-state index in [0.29, 0.717) is 0 Å². The van der Waals surface area contributed by atoms with Crippen molar-refractivity contribution in [3.63, 3.8) is 0 Å². The van der Waals surface area contributed by atoms with Gasteiger partial charge in [0.25, 0.3) is 0 Å². The molecule has 0 radical (unpaired) electrons. The van der Waals surface area contributed by atoms with Crippen LogP contribution in [0.15, 0.2) is 51.7 Å². The quantitative estimate of drug-likeness (QED) is 0.130. The van der Waals surface area contributed by atoms with Crippen LogP contribution in [0, 0.1) is 0 Å². The Morgan fingerprint density at radius 2 is 1.33 bits per heavy atom. The fraction of sp³-hybridized carbons (Fsp3) is 0.531. The molecule has 0 aliphatic carbocycles. The van der Waals surface area contributed by atoms with E-state index >= 15 is 0 Å². The molecule has 2 aromatic carbocycles. The van der Waals surface area contributed by atoms with E-state index in [9.17, 15) is 50.8 Å². The SMILES string of the molecule is C[C@@H]1O[C@@H](Oc2ccc3c(=O)c(O[C@@H]4O[C@@H](C)[C@@H](O)[C@@H](O)[C@H]4O[C@H]4OC[C@@H](O)[C@H](O)[C@H]4O)c(-c4ccc(O)cc4)oc3c2)[C@H](O)[C@H](O)[C@@H]1O. The molecule has 6 rings (SSSR count). The maximum atomic E-state index is 14.1. The van der Waals surface area contributed by atoms with E-state index in [-0.39, 0.29) is 33.8 Å². The first-order valence-electron chi connectivity index (χ1n) is 15.5. The molecule has 3 fully saturated rings. The molecule has 1 aromatic heterocycles. The molecule has 0 saturated carbocycles. The van der Waals surface area contributed by atoms with E-state index in [1.165, 1.54) is 56.3 Å². The molecule has 3 saturated heterocycles. The van der Waals surface area contributed by atoms with Crippen molar-refractivity contribution < 1.29 is 78.8 Å². The summed E-state index contributed by atoms with van der Waals surface area (Å²) in [4.78, 5) is 14.1. The summed E-state index contributed by atoms with van der Waals surface area (Å²) in [7, 11) is 0. The van der Waals surface area contributed by atoms with Gasteiger partial charge in [0.2, 0.25) is 23.8 Å². The predicted molar refractivity (Wildman–Crippen MR) is 162 cm³/mol. The highest BCUT2D eigenvalue weighted by Crippen LogP contribution is 2.36. The number of aliphatic hydroxyl groups excluding tert-OH is 8. The number of phenolic OH excluding ortho intramolecular Hbond substituents is 1. The Morgan fingerprint density at radius 1 is 0.694 bits per heavy atom. The lowest BCUT2D eigenvalue weighted by molar-refractivity contribution is -0.341. The summed E-state index contributed by atoms with van der Waals surface area (Å²) in [6.07, 6.45) is -20.7. The summed E-state index contributed by atoms with van der Waals surface area (Å²) in [6.45, 7) is 2.51. The average molecular weight is 695 g/mol. The maximum Gasteiger partial charge on any atom is 0.235 e. The average Bonchev–Trinajstić information content (AvgIpc) is 3.08. The van der Waals surface area contributed by atoms with Crippen molar-refractivity contribution in [3.8, 4) is 28.6 Å². The van der Waals surface area contributed by atoms with Gasteiger partial charge in [0, 0.05) is 11.6 Å². The molecule has 3 aliphatic heterocycles. The van der Waals surface area contributed by atoms with Crippen LogP contribution in [0.4, 0.5) is 0 Å². The zero-order chi connectivity index (χ0) is 35.3. The number of aliphatic hydroxyl groups is 8. The molecule has 0 unspecified atom stereocenters. The van der Waals surface area contributed by atoms with E-state index in [0.717, 1.165) is 0 Å². The van der Waals surface area contributed by atoms with Crippen molar-refractivity contribution >= 4 is 11.0 Å². The fourth-order valence-corrected chi connectivity index (χ4v) is 5.80. The number of fused-ring (bicyclic) bond motifs is 1. The summed E-state index contributed by atoms with van der Waals surface area (Å²) in [6, 6.07) is 9.56. The Labute approximate surface area is 277 Å². The van der Waals surface area contributed by atoms with Crippen molar-refractivity contribution in [2.45, 2.75) is 99.9 Å². The standard InChI is InChI=1S/C32H38O17/c1-11-19(35)23(39)26(42)31(44-11)46-15-7-8-16-18(9-15)47-27(13-3-5-14(33)6-4-13)28(21(16)37)48-32-29(24(40)20(36)12(2)45-32)49-30-25(41)22(38)17(34)10-43-30/h3-9,11-12,17,19-20,22-26,29-36,38-42H,10H2,1-2H3/t11-,12-,17+,19+,20+,22-,23+,24+,25+,26+,29+,30+,31-,32-/m0/s1. The molecular formula is C32H38O17. The first kappa shape index (κ1) is 35.4. The molecule has 268 valence electrons. The number of aromatic hydroxyl groups is 1. The van der Waals surface area contributed by atoms with Gasteiger partial charge in [-0.05, 0) is 50.2 Å². The lowest BCUT2D eigenvalue weighted by Crippen LogP contribution is -2.62. The Kier molecular flexibility index (Phi) is 10.2. The summed E-state index contributed by atoms with van der Waals surface area (Å²) in [5.41, 5.74) is -0.510. The minimum absolute atomic E-state index is 0.0238. The summed E-state index contributed by atoms with van der Waals surface area (Å²) in [5.74, 6) is -0.627. The van der Waals surface area contributed by atoms with Gasteiger partial charge in [-0.3, -0.25) is 4.79 Å². The topological polar surface area (TPSA) is 268 Å². The van der Waals surface area contributed by atoms with E-state index in [1.807, 2.05) is 0 Å². The number of hydrogen-bond acceptors (Lipinski definition) is 17. The highest BCUT2D eigenvalue weighted by atomic mass is 16.8. The summed E-state index contributed by atoms with van der Waals surface area (Å²) < 4.78 is 40.3. The van der Waals surface area contributed by atoms with Crippen molar-refractivity contribution in [1.82, 2.24) is 0 Å². The van der Waals surface area contributed by atoms with Gasteiger partial charge in [-0.25, -0.2) is 0 Å². The van der Waals surface area contributed by atoms with E-state index in [4.69, 9.17) is 32.8 Å². The third-order valence-corrected chi connectivity index (χ3v) is 8.78. The van der Waals surface area contributed by atoms with E-state index in [1.54, 1.807) is 0 Å². The number of phenols is 1. The van der Waals surface area contributed by atoms with Crippen LogP contribution in [-0.2, 0) is 18.9 Å². The lowest BCUT2D eigenvalue weighted by atomic mass is 9.99. The van der Waals surface area contributed by atoms with Crippen molar-refractivity contribution in [2.24, 2.45) is 0 Å². The van der Waals surface area contributed by atoms with Crippen LogP contribution in [0.3, 0.4) is 0 Å². The molecule has 0 amide bonds. The van der Waals surface area contributed by atoms with Crippen LogP contribution in [0.25, 0.3) is 22.3 Å². The Morgan fingerprint density at radius 3 is 2.02 bits per heavy atom. The molecule has 9 N–H and O–H groups in total. The predicted octanol–water partition coefficient (Wildman–Crippen LogP) is -1.96. The van der Waals surface area contributed by atoms with Crippen molar-refractivity contribution in [1.29, 1.82) is 0 Å². The van der Waals surface area contributed by atoms with Crippen LogP contribution in [0.1, 0.15) is 13.8 Å². The smallest absolute Gasteiger partial charge is 0.235 e. The van der Waals surface area contributed by atoms with Crippen LogP contribution in [0.2, 0.25) is 0 Å². The second kappa shape index (κ2) is 14.1. The molecule has 14 atom stereocenters. The third kappa shape index (κ3) is 6.85. The monoisotopic (exact) mass is 694 g/mol. The van der Waals surface area contributed by atoms with Gasteiger partial charge in [0.05, 0.1) is 24.2 Å². The van der Waals surface area contributed by atoms with Crippen molar-refractivity contribution in [2.75, 3.05) is 6.61 Å². The maximum absolute atomic E-state index is 14.1. The second-order valence-corrected chi connectivity index (χ2v) is 12.3. The zero-order valence-electron chi connectivity index (χ0n) is 26.1. The van der Waals surface area contributed by atoms with Crippen LogP contribution in [-0.4, -0.2) is 139 Å². The number of benzene rings is 2. The fourth-order valence-electron chi connectivity index (χ4n) is 5.80. The number of ether oxygens (including phenoxy) is 6. The van der Waals surface area contributed by atoms with E-state index in [2.05, 4.69) is 0 Å². The first-order valence-corrected chi connectivity index (χ1v) is 15.5. The van der Waals surface area contributed by atoms with Crippen LogP contribution >= 0.6 is 0 Å². The molecule has 4 heterocycles. The minimum atomic E-state index is -1.76. The minimum Gasteiger partial charge on any atom is -0.508 e. The zero-order valence-corrected chi connectivity index (χ0v) is 26.1. The van der Waals surface area contributed by atoms with Crippen LogP contribution < -0.4 is 14.9 Å². The van der Waals surface area contributed by atoms with Gasteiger partial charge >= 0.3 is 0 Å². The molecule has 0 spiro atoms. The third-order valence-electron chi connectivity index (χ3n) is 8.78. The Hall–Kier alpha value is -3.43. The van der Waals surface area contributed by atoms with Gasteiger partial charge in [-0.15, -0.1) is 0 Å². The Balaban J connectivity index is 1.37. The molecule has 3 aromatic rings. The number of rotatable bonds is 7.